The predicted octanol–water partition coefficient (Wildman–Crippen LogP) is 3.70. The van der Waals surface area contributed by atoms with Gasteiger partial charge in [0, 0.05) is 0 Å². The maximum absolute atomic E-state index is 9.14. The monoisotopic (exact) mass is 229 g/mol. The lowest BCUT2D eigenvalue weighted by atomic mass is 9.81. The van der Waals surface area contributed by atoms with E-state index in [0.717, 1.165) is 25.0 Å². The standard InChI is InChI=1S/C15H19NO/c1-11-4-7-14(8-5-11)17-15-9-12(2)3-6-13(15)10-16/h4-5,7-8,12-13,15H,3,6,9H2,1-2H3. The first-order valence-corrected chi connectivity index (χ1v) is 6.32. The molecular weight excluding hydrogens is 210 g/mol. The average Bonchev–Trinajstić information content (AvgIpc) is 2.32. The van der Waals surface area contributed by atoms with E-state index in [0.29, 0.717) is 5.92 Å². The molecule has 1 fully saturated rings. The molecule has 0 bridgehead atoms. The summed E-state index contributed by atoms with van der Waals surface area (Å²) in [5.74, 6) is 1.59. The number of rotatable bonds is 2. The molecule has 3 atom stereocenters. The second-order valence-electron chi connectivity index (χ2n) is 5.12. The zero-order chi connectivity index (χ0) is 12.3. The molecule has 1 saturated carbocycles. The fourth-order valence-electron chi connectivity index (χ4n) is 2.40. The van der Waals surface area contributed by atoms with Crippen molar-refractivity contribution in [2.75, 3.05) is 0 Å². The lowest BCUT2D eigenvalue weighted by molar-refractivity contribution is 0.0956. The molecule has 0 spiro atoms. The Morgan fingerprint density at radius 2 is 1.94 bits per heavy atom. The molecule has 1 aliphatic carbocycles. The van der Waals surface area contributed by atoms with Crippen LogP contribution >= 0.6 is 0 Å². The van der Waals surface area contributed by atoms with E-state index >= 15 is 0 Å². The van der Waals surface area contributed by atoms with Gasteiger partial charge < -0.3 is 4.74 Å². The lowest BCUT2D eigenvalue weighted by Gasteiger charge is -2.31. The van der Waals surface area contributed by atoms with Crippen molar-refractivity contribution in [2.24, 2.45) is 11.8 Å². The second kappa shape index (κ2) is 5.23. The van der Waals surface area contributed by atoms with E-state index in [4.69, 9.17) is 10.00 Å². The molecule has 0 amide bonds. The third kappa shape index (κ3) is 3.00. The van der Waals surface area contributed by atoms with Gasteiger partial charge in [0.2, 0.25) is 0 Å². The van der Waals surface area contributed by atoms with Crippen molar-refractivity contribution in [2.45, 2.75) is 39.2 Å². The number of aryl methyl sites for hydroxylation is 1. The third-order valence-corrected chi connectivity index (χ3v) is 3.53. The van der Waals surface area contributed by atoms with Crippen molar-refractivity contribution in [3.8, 4) is 11.8 Å². The van der Waals surface area contributed by atoms with Crippen LogP contribution in [0.2, 0.25) is 0 Å². The minimum Gasteiger partial charge on any atom is -0.489 e. The van der Waals surface area contributed by atoms with Crippen molar-refractivity contribution in [3.05, 3.63) is 29.8 Å². The molecule has 0 heterocycles. The number of benzene rings is 1. The largest absolute Gasteiger partial charge is 0.489 e. The Kier molecular flexibility index (Phi) is 3.68. The van der Waals surface area contributed by atoms with Gasteiger partial charge in [0.25, 0.3) is 0 Å². The maximum atomic E-state index is 9.14. The van der Waals surface area contributed by atoms with Gasteiger partial charge in [-0.2, -0.15) is 5.26 Å². The highest BCUT2D eigenvalue weighted by molar-refractivity contribution is 5.26. The smallest absolute Gasteiger partial charge is 0.119 e. The first kappa shape index (κ1) is 12.0. The fourth-order valence-corrected chi connectivity index (χ4v) is 2.40. The van der Waals surface area contributed by atoms with E-state index < -0.39 is 0 Å². The molecule has 2 rings (SSSR count). The maximum Gasteiger partial charge on any atom is 0.119 e. The van der Waals surface area contributed by atoms with Crippen molar-refractivity contribution in [1.82, 2.24) is 0 Å². The highest BCUT2D eigenvalue weighted by Crippen LogP contribution is 2.31. The van der Waals surface area contributed by atoms with Crippen LogP contribution in [0.25, 0.3) is 0 Å². The van der Waals surface area contributed by atoms with E-state index in [2.05, 4.69) is 19.9 Å². The summed E-state index contributed by atoms with van der Waals surface area (Å²) < 4.78 is 5.96. The first-order valence-electron chi connectivity index (χ1n) is 6.32. The van der Waals surface area contributed by atoms with E-state index in [1.54, 1.807) is 0 Å². The minimum absolute atomic E-state index is 0.0486. The second-order valence-corrected chi connectivity index (χ2v) is 5.12. The van der Waals surface area contributed by atoms with Crippen LogP contribution in [-0.2, 0) is 0 Å². The Morgan fingerprint density at radius 3 is 2.59 bits per heavy atom. The Hall–Kier alpha value is -1.49. The Morgan fingerprint density at radius 1 is 1.24 bits per heavy atom. The number of hydrogen-bond acceptors (Lipinski definition) is 2. The molecule has 1 aromatic carbocycles. The Balaban J connectivity index is 2.05. The normalized spacial score (nSPS) is 28.4. The molecule has 0 saturated heterocycles. The van der Waals surface area contributed by atoms with Gasteiger partial charge in [-0.1, -0.05) is 24.6 Å². The lowest BCUT2D eigenvalue weighted by Crippen LogP contribution is -2.32. The van der Waals surface area contributed by atoms with Crippen LogP contribution in [0.4, 0.5) is 0 Å². The van der Waals surface area contributed by atoms with Gasteiger partial charge in [0.15, 0.2) is 0 Å². The highest BCUT2D eigenvalue weighted by Gasteiger charge is 2.30. The molecule has 2 nitrogen and oxygen atoms in total. The van der Waals surface area contributed by atoms with Crippen molar-refractivity contribution in [3.63, 3.8) is 0 Å². The van der Waals surface area contributed by atoms with Crippen molar-refractivity contribution < 1.29 is 4.74 Å². The van der Waals surface area contributed by atoms with E-state index in [1.807, 2.05) is 24.3 Å². The summed E-state index contributed by atoms with van der Waals surface area (Å²) in [5.41, 5.74) is 1.23. The van der Waals surface area contributed by atoms with E-state index in [9.17, 15) is 0 Å². The average molecular weight is 229 g/mol. The summed E-state index contributed by atoms with van der Waals surface area (Å²) in [5, 5.41) is 9.14. The molecule has 0 aromatic heterocycles. The zero-order valence-corrected chi connectivity index (χ0v) is 10.5. The summed E-state index contributed by atoms with van der Waals surface area (Å²) in [7, 11) is 0. The zero-order valence-electron chi connectivity index (χ0n) is 10.5. The summed E-state index contributed by atoms with van der Waals surface area (Å²) in [6, 6.07) is 10.4. The van der Waals surface area contributed by atoms with Gasteiger partial charge in [-0.3, -0.25) is 0 Å². The molecule has 17 heavy (non-hydrogen) atoms. The van der Waals surface area contributed by atoms with E-state index in [1.165, 1.54) is 5.56 Å². The molecule has 1 aliphatic rings. The van der Waals surface area contributed by atoms with Crippen LogP contribution in [0.5, 0.6) is 5.75 Å². The number of nitriles is 1. The quantitative estimate of drug-likeness (QED) is 0.774. The van der Waals surface area contributed by atoms with Crippen LogP contribution in [-0.4, -0.2) is 6.10 Å². The van der Waals surface area contributed by atoms with Crippen molar-refractivity contribution in [1.29, 1.82) is 5.26 Å². The SMILES string of the molecule is Cc1ccc(OC2CC(C)CCC2C#N)cc1. The van der Waals surface area contributed by atoms with Crippen molar-refractivity contribution >= 4 is 0 Å². The van der Waals surface area contributed by atoms with Gasteiger partial charge >= 0.3 is 0 Å². The first-order chi connectivity index (χ1) is 8.19. The van der Waals surface area contributed by atoms with E-state index in [-0.39, 0.29) is 12.0 Å². The van der Waals surface area contributed by atoms with Crippen LogP contribution in [0.1, 0.15) is 31.7 Å². The molecule has 0 N–H and O–H groups in total. The summed E-state index contributed by atoms with van der Waals surface area (Å²) >= 11 is 0. The third-order valence-electron chi connectivity index (χ3n) is 3.53. The molecule has 1 aromatic rings. The summed E-state index contributed by atoms with van der Waals surface area (Å²) in [4.78, 5) is 0. The van der Waals surface area contributed by atoms with Gasteiger partial charge in [-0.15, -0.1) is 0 Å². The topological polar surface area (TPSA) is 33.0 Å². The number of ether oxygens (including phenoxy) is 1. The van der Waals surface area contributed by atoms with Crippen LogP contribution in [0, 0.1) is 30.1 Å². The molecular formula is C15H19NO. The van der Waals surface area contributed by atoms with Crippen LogP contribution < -0.4 is 4.74 Å². The molecule has 0 radical (unpaired) electrons. The molecule has 2 heteroatoms. The molecule has 0 aliphatic heterocycles. The number of nitrogens with zero attached hydrogens (tertiary/aromatic N) is 1. The van der Waals surface area contributed by atoms with Crippen LogP contribution in [0.3, 0.4) is 0 Å². The van der Waals surface area contributed by atoms with Crippen LogP contribution in [0.15, 0.2) is 24.3 Å². The number of hydrogen-bond donors (Lipinski definition) is 0. The Bertz CT molecular complexity index is 404. The minimum atomic E-state index is 0.0486. The predicted molar refractivity (Wildman–Crippen MR) is 67.7 cm³/mol. The molecule has 3 unspecified atom stereocenters. The highest BCUT2D eigenvalue weighted by atomic mass is 16.5. The Labute approximate surface area is 103 Å². The molecule has 90 valence electrons. The summed E-state index contributed by atoms with van der Waals surface area (Å²) in [6.45, 7) is 4.30. The van der Waals surface area contributed by atoms with Gasteiger partial charge in [-0.25, -0.2) is 0 Å². The van der Waals surface area contributed by atoms with Gasteiger partial charge in [-0.05, 0) is 44.2 Å². The fraction of sp³-hybridized carbons (Fsp3) is 0.533. The summed E-state index contributed by atoms with van der Waals surface area (Å²) in [6.07, 6.45) is 3.16. The van der Waals surface area contributed by atoms with Gasteiger partial charge in [0.05, 0.1) is 12.0 Å². The van der Waals surface area contributed by atoms with Gasteiger partial charge in [0.1, 0.15) is 11.9 Å².